The average Bonchev–Trinajstić information content (AvgIpc) is 0.903. The first-order chi connectivity index (χ1) is 70.3. The van der Waals surface area contributed by atoms with E-state index in [0.717, 1.165) is 139 Å². The van der Waals surface area contributed by atoms with Crippen molar-refractivity contribution < 1.29 is 81.5 Å². The molecule has 8 fully saturated rings. The Bertz CT molecular complexity index is 6660. The van der Waals surface area contributed by atoms with Gasteiger partial charge in [0, 0.05) is 84.0 Å². The summed E-state index contributed by atoms with van der Waals surface area (Å²) in [6, 6.07) is 31.3. The van der Waals surface area contributed by atoms with Crippen molar-refractivity contribution in [3.63, 3.8) is 0 Å². The molecule has 4 aromatic carbocycles. The lowest BCUT2D eigenvalue weighted by Gasteiger charge is -2.42. The van der Waals surface area contributed by atoms with Crippen molar-refractivity contribution in [3.05, 3.63) is 194 Å². The molecule has 8 aliphatic rings. The number of carboxylic acids is 1. The van der Waals surface area contributed by atoms with E-state index in [1.807, 2.05) is 138 Å². The number of fused-ring (bicyclic) bond motifs is 4. The summed E-state index contributed by atoms with van der Waals surface area (Å²) in [7, 11) is 6.88. The van der Waals surface area contributed by atoms with E-state index in [2.05, 4.69) is 96.9 Å². The van der Waals surface area contributed by atoms with Gasteiger partial charge in [-0.3, -0.25) is 48.7 Å². The smallest absolute Gasteiger partial charge is 0.413 e. The first-order valence-electron chi connectivity index (χ1n) is 49.6. The standard InChI is InChI=1S/C30H36N4O5S.2C24H27N5O3S.C15H19N3O5.C14H18N2OS/c1-17-15-34(24(13-25(17)38-5)19-8-9-26-23(10-19)32-16-40-26)29(37)28(36)33-20-11-21(18-6-7-18)22(31-14-20)12-27(35)39-30(2,3)4;2*1-13-11-29(19(9-20(13)32-2)15-5-6-21-18(7-15)27-12-33-21)24(31)23(30)28-16-8-17(14-3-4-14)22(25)26-10-16;1-15(2,3)23-14(22)18-11-10(8-4-5-8)6-9(7-16-11)17-12(19)13(20)21;1-9-7-15-11(6-13(9)17-2)10-3-4-14-12(5-10)16-8-18-14/h8-11,14,16-18,24-25H,6-7,12-13,15H2,1-5H3,(H,33,36);2*5-8,10,12-14,19-20H,3-4,9,11H2,1-2H3,(H2,25,26)(H,28,30);6-8H,4-5H2,1-3H3,(H,17,19)(H,20,21)(H,16,18,22);3-5,8-9,11,13,15H,6-7H2,1-2H3/t17-,24-,25?;13-,19-,20?;13-,19-,20+;;9-,11-,13?/m001.0/s1. The van der Waals surface area contributed by atoms with Crippen molar-refractivity contribution in [2.45, 2.75) is 236 Å². The highest BCUT2D eigenvalue weighted by atomic mass is 32.1. The summed E-state index contributed by atoms with van der Waals surface area (Å²) in [5.74, 6) is -3.38. The maximum Gasteiger partial charge on any atom is 0.413 e. The lowest BCUT2D eigenvalue weighted by Crippen LogP contribution is -2.50. The van der Waals surface area contributed by atoms with E-state index in [0.29, 0.717) is 109 Å². The van der Waals surface area contributed by atoms with E-state index in [-0.39, 0.29) is 84.1 Å². The monoisotopic (exact) mass is 2080 g/mol. The number of carboxylic acid groups (broad SMARTS) is 1. The third kappa shape index (κ3) is 27.1. The number of pyridine rings is 4. The van der Waals surface area contributed by atoms with Gasteiger partial charge in [0.1, 0.15) is 28.7 Å². The van der Waals surface area contributed by atoms with Crippen molar-refractivity contribution in [2.75, 3.05) is 92.7 Å². The molecule has 4 saturated carbocycles. The maximum absolute atomic E-state index is 13.6. The predicted octanol–water partition coefficient (Wildman–Crippen LogP) is 17.8. The van der Waals surface area contributed by atoms with Crippen molar-refractivity contribution in [1.82, 2.24) is 59.9 Å². The van der Waals surface area contributed by atoms with Crippen LogP contribution in [0.5, 0.6) is 0 Å². The number of benzene rings is 4. The first-order valence-corrected chi connectivity index (χ1v) is 53.1. The number of hydrogen-bond donors (Lipinski definition) is 9. The molecule has 3 unspecified atom stereocenters. The Morgan fingerprint density at radius 3 is 1.09 bits per heavy atom. The topological polar surface area (TPSA) is 483 Å². The molecule has 8 aromatic heterocycles. The van der Waals surface area contributed by atoms with Gasteiger partial charge in [0.2, 0.25) is 0 Å². The minimum absolute atomic E-state index is 0.00404. The quantitative estimate of drug-likeness (QED) is 0.0268. The van der Waals surface area contributed by atoms with Crippen LogP contribution in [0.3, 0.4) is 0 Å². The molecule has 40 heteroatoms. The molecule has 4 aliphatic heterocycles. The van der Waals surface area contributed by atoms with Gasteiger partial charge in [0.05, 0.1) is 165 Å². The number of aliphatic carboxylic acids is 1. The third-order valence-corrected chi connectivity index (χ3v) is 30.9. The molecule has 4 saturated heterocycles. The number of ether oxygens (including phenoxy) is 6. The molecule has 4 aliphatic carbocycles. The Morgan fingerprint density at radius 2 is 0.721 bits per heavy atom. The molecule has 776 valence electrons. The zero-order chi connectivity index (χ0) is 105. The van der Waals surface area contributed by atoms with Crippen molar-refractivity contribution in [2.24, 2.45) is 23.7 Å². The number of rotatable bonds is 19. The highest BCUT2D eigenvalue weighted by Gasteiger charge is 2.45. The van der Waals surface area contributed by atoms with E-state index in [1.54, 1.807) is 114 Å². The van der Waals surface area contributed by atoms with Crippen LogP contribution in [0.25, 0.3) is 40.9 Å². The van der Waals surface area contributed by atoms with Crippen LogP contribution in [0.1, 0.15) is 244 Å². The Morgan fingerprint density at radius 1 is 0.395 bits per heavy atom. The molecule has 12 heterocycles. The number of carbonyl (C=O) groups is 10. The highest BCUT2D eigenvalue weighted by Crippen LogP contribution is 2.49. The van der Waals surface area contributed by atoms with E-state index in [1.165, 1.54) is 35.1 Å². The Labute approximate surface area is 868 Å². The average molecular weight is 2080 g/mol. The summed E-state index contributed by atoms with van der Waals surface area (Å²) in [6.07, 6.45) is 16.5. The molecule has 36 nitrogen and oxygen atoms in total. The van der Waals surface area contributed by atoms with Crippen molar-refractivity contribution >= 4 is 186 Å². The first kappa shape index (κ1) is 107. The molecule has 8 amide bonds. The number of carbonyl (C=O) groups excluding carboxylic acids is 9. The molecule has 12 atom stereocenters. The molecule has 20 rings (SSSR count). The van der Waals surface area contributed by atoms with E-state index in [4.69, 9.17) is 45.0 Å². The highest BCUT2D eigenvalue weighted by molar-refractivity contribution is 7.17. The number of nitrogens with one attached hydrogen (secondary N) is 6. The van der Waals surface area contributed by atoms with Crippen LogP contribution in [0.2, 0.25) is 0 Å². The number of likely N-dealkylation sites (tertiary alicyclic amines) is 3. The SMILES string of the molecule is CC(C)(C)OC(=O)Nc1ncc(NC(=O)C(=O)O)cc1C1CC1.COC1C[C@@H](c2ccc3scnc3c2)N(C(=O)C(=O)Nc2cnc(CC(=O)OC(C)(C)C)c(C3CC3)c2)C[C@@H]1C.COC1C[C@@H](c2ccc3scnc3c2)N(C(=O)C(=O)Nc2cnc(N)c(C3CC3)c2)C[C@@H]1C.COC1C[C@@H](c2ccc3scnc3c2)NC[C@@H]1C.CO[C@H]1C[C@H](c2ccc3scnc3c2)N(C(=O)C(=O)Nc2cnc(N)c(C3CC3)c2)C[C@H]1C. The summed E-state index contributed by atoms with van der Waals surface area (Å²) in [6.45, 7) is 21.4. The van der Waals surface area contributed by atoms with Gasteiger partial charge in [-0.25, -0.2) is 44.5 Å². The Kier molecular flexibility index (Phi) is 33.8. The van der Waals surface area contributed by atoms with Gasteiger partial charge < -0.3 is 86.3 Å². The second-order valence-corrected chi connectivity index (χ2v) is 44.6. The number of aromatic nitrogens is 8. The second kappa shape index (κ2) is 46.6. The molecule has 12 aromatic rings. The minimum atomic E-state index is -1.58. The zero-order valence-electron chi connectivity index (χ0n) is 84.8. The summed E-state index contributed by atoms with van der Waals surface area (Å²) >= 11 is 6.40. The minimum Gasteiger partial charge on any atom is -0.474 e. The number of nitrogen functional groups attached to an aromatic ring is 2. The van der Waals surface area contributed by atoms with Gasteiger partial charge in [0.25, 0.3) is 0 Å². The van der Waals surface area contributed by atoms with Crippen LogP contribution in [-0.4, -0.2) is 209 Å². The Hall–Kier alpha value is -13.1. The van der Waals surface area contributed by atoms with Crippen molar-refractivity contribution in [3.8, 4) is 0 Å². The van der Waals surface area contributed by atoms with Crippen molar-refractivity contribution in [1.29, 1.82) is 0 Å². The van der Waals surface area contributed by atoms with Gasteiger partial charge in [-0.15, -0.1) is 45.3 Å². The molecule has 0 radical (unpaired) electrons. The number of piperidine rings is 4. The normalized spacial score (nSPS) is 21.8. The fraction of sp³-hybridized carbons (Fsp3) is 0.458. The lowest BCUT2D eigenvalue weighted by molar-refractivity contribution is -0.154. The van der Waals surface area contributed by atoms with Gasteiger partial charge in [-0.2, -0.15) is 0 Å². The summed E-state index contributed by atoms with van der Waals surface area (Å²) in [4.78, 5) is 165. The number of methoxy groups -OCH3 is 4. The van der Waals surface area contributed by atoms with Crippen LogP contribution in [0, 0.1) is 23.7 Å². The number of esters is 1. The van der Waals surface area contributed by atoms with E-state index >= 15 is 0 Å². The summed E-state index contributed by atoms with van der Waals surface area (Å²) < 4.78 is 37.8. The number of nitrogens with two attached hydrogens (primary N) is 2. The molecule has 0 bridgehead atoms. The number of hydrogen-bond acceptors (Lipinski definition) is 31. The molecule has 0 spiro atoms. The van der Waals surface area contributed by atoms with Crippen LogP contribution < -0.4 is 43.4 Å². The number of amides is 8. The van der Waals surface area contributed by atoms with Gasteiger partial charge >= 0.3 is 59.4 Å². The van der Waals surface area contributed by atoms with Crippen LogP contribution >= 0.6 is 45.3 Å². The van der Waals surface area contributed by atoms with Crippen LogP contribution in [-0.2, 0) is 78.0 Å². The summed E-state index contributed by atoms with van der Waals surface area (Å²) in [5, 5.41) is 25.3. The number of nitrogens with zero attached hydrogens (tertiary/aromatic N) is 11. The molecular formula is C107H127N19O17S4. The molecular weight excluding hydrogens is 1950 g/mol. The molecule has 11 N–H and O–H groups in total. The lowest BCUT2D eigenvalue weighted by atomic mass is 9.87. The summed E-state index contributed by atoms with van der Waals surface area (Å²) in [5.41, 5.74) is 31.9. The maximum atomic E-state index is 13.6. The fourth-order valence-corrected chi connectivity index (χ4v) is 22.0. The largest absolute Gasteiger partial charge is 0.474 e. The number of thiazole rings is 4. The van der Waals surface area contributed by atoms with Crippen LogP contribution in [0.4, 0.5) is 45.0 Å². The zero-order valence-corrected chi connectivity index (χ0v) is 88.1. The van der Waals surface area contributed by atoms with E-state index in [9.17, 15) is 47.9 Å². The molecule has 147 heavy (non-hydrogen) atoms. The fourth-order valence-electron chi connectivity index (χ4n) is 19.4. The van der Waals surface area contributed by atoms with Gasteiger partial charge in [-0.05, 0) is 260 Å². The predicted molar refractivity (Wildman–Crippen MR) is 566 cm³/mol. The second-order valence-electron chi connectivity index (χ2n) is 41.1. The van der Waals surface area contributed by atoms with Crippen LogP contribution in [0.15, 0.2) is 144 Å². The van der Waals surface area contributed by atoms with Gasteiger partial charge in [-0.1, -0.05) is 52.0 Å². The van der Waals surface area contributed by atoms with E-state index < -0.39 is 64.6 Å². The Balaban J connectivity index is 0.000000134. The van der Waals surface area contributed by atoms with Gasteiger partial charge in [0.15, 0.2) is 0 Å². The third-order valence-electron chi connectivity index (χ3n) is 27.7. The number of anilines is 7.